The molecule has 0 atom stereocenters. The number of carbonyl (C=O) groups is 1. The van der Waals surface area contributed by atoms with Crippen LogP contribution in [-0.2, 0) is 13.1 Å². The lowest BCUT2D eigenvalue weighted by molar-refractivity contribution is 0.0916. The number of benzene rings is 1. The Hall–Kier alpha value is -2.14. The average Bonchev–Trinajstić information content (AvgIpc) is 3.15. The Balaban J connectivity index is 1.71. The van der Waals surface area contributed by atoms with E-state index in [9.17, 15) is 9.18 Å². The molecule has 1 fully saturated rings. The molecule has 1 amide bonds. The van der Waals surface area contributed by atoms with Crippen molar-refractivity contribution in [2.75, 3.05) is 6.54 Å². The number of carbonyl (C=O) groups excluding carboxylic acids is 1. The van der Waals surface area contributed by atoms with Gasteiger partial charge in [-0.25, -0.2) is 4.39 Å². The monoisotopic (exact) mass is 372 g/mol. The van der Waals surface area contributed by atoms with E-state index in [2.05, 4.69) is 10.2 Å². The van der Waals surface area contributed by atoms with Gasteiger partial charge in [0.05, 0.1) is 6.54 Å². The normalized spacial score (nSPS) is 15.2. The fourth-order valence-electron chi connectivity index (χ4n) is 3.74. The van der Waals surface area contributed by atoms with Crippen LogP contribution in [0.2, 0.25) is 0 Å². The van der Waals surface area contributed by atoms with E-state index in [-0.39, 0.29) is 11.7 Å². The topological polar surface area (TPSA) is 45.5 Å². The average molecular weight is 372 g/mol. The minimum absolute atomic E-state index is 0.169. The van der Waals surface area contributed by atoms with E-state index in [1.54, 1.807) is 18.2 Å². The maximum Gasteiger partial charge on any atom is 0.286 e. The summed E-state index contributed by atoms with van der Waals surface area (Å²) < 4.78 is 19.4. The van der Waals surface area contributed by atoms with Crippen LogP contribution in [0.4, 0.5) is 4.39 Å². The van der Waals surface area contributed by atoms with E-state index in [1.165, 1.54) is 25.3 Å². The van der Waals surface area contributed by atoms with E-state index in [0.717, 1.165) is 30.6 Å². The molecule has 2 aromatic rings. The highest BCUT2D eigenvalue weighted by molar-refractivity contribution is 5.91. The van der Waals surface area contributed by atoms with Gasteiger partial charge >= 0.3 is 0 Å². The molecule has 1 aromatic heterocycles. The van der Waals surface area contributed by atoms with E-state index in [4.69, 9.17) is 4.42 Å². The zero-order chi connectivity index (χ0) is 19.1. The van der Waals surface area contributed by atoms with Gasteiger partial charge in [0.15, 0.2) is 5.76 Å². The number of nitrogens with one attached hydrogen (secondary N) is 1. The molecule has 1 aliphatic rings. The summed E-state index contributed by atoms with van der Waals surface area (Å²) in [6, 6.07) is 10.9. The van der Waals surface area contributed by atoms with Crippen LogP contribution >= 0.6 is 0 Å². The molecule has 0 aliphatic heterocycles. The lowest BCUT2D eigenvalue weighted by Crippen LogP contribution is -2.35. The third-order valence-corrected chi connectivity index (χ3v) is 5.15. The summed E-state index contributed by atoms with van der Waals surface area (Å²) in [5, 5.41) is 2.84. The van der Waals surface area contributed by atoms with E-state index < -0.39 is 0 Å². The first-order chi connectivity index (χ1) is 13.2. The van der Waals surface area contributed by atoms with Gasteiger partial charge in [-0.05, 0) is 49.1 Å². The summed E-state index contributed by atoms with van der Waals surface area (Å²) >= 11 is 0. The molecule has 0 saturated heterocycles. The minimum Gasteiger partial charge on any atom is -0.455 e. The molecular formula is C22H29FN2O2. The Kier molecular flexibility index (Phi) is 7.04. The maximum absolute atomic E-state index is 13.6. The van der Waals surface area contributed by atoms with Gasteiger partial charge in [0.2, 0.25) is 0 Å². The SMILES string of the molecule is CCCNC(=O)c1ccc(CN(Cc2cccc(F)c2)C2CCCCC2)o1. The van der Waals surface area contributed by atoms with Crippen LogP contribution in [0.25, 0.3) is 0 Å². The van der Waals surface area contributed by atoms with Crippen molar-refractivity contribution in [1.82, 2.24) is 10.2 Å². The lowest BCUT2D eigenvalue weighted by Gasteiger charge is -2.34. The maximum atomic E-state index is 13.6. The van der Waals surface area contributed by atoms with Crippen LogP contribution in [0.5, 0.6) is 0 Å². The predicted octanol–water partition coefficient (Wildman–Crippen LogP) is 4.89. The molecule has 0 unspecified atom stereocenters. The molecule has 5 heteroatoms. The Morgan fingerprint density at radius 3 is 2.74 bits per heavy atom. The first-order valence-electron chi connectivity index (χ1n) is 10.0. The lowest BCUT2D eigenvalue weighted by atomic mass is 9.93. The molecule has 0 radical (unpaired) electrons. The quantitative estimate of drug-likeness (QED) is 0.717. The van der Waals surface area contributed by atoms with E-state index in [1.807, 2.05) is 19.1 Å². The number of hydrogen-bond donors (Lipinski definition) is 1. The van der Waals surface area contributed by atoms with Crippen molar-refractivity contribution in [1.29, 1.82) is 0 Å². The summed E-state index contributed by atoms with van der Waals surface area (Å²) in [5.41, 5.74) is 0.966. The van der Waals surface area contributed by atoms with Gasteiger partial charge in [-0.2, -0.15) is 0 Å². The highest BCUT2D eigenvalue weighted by Crippen LogP contribution is 2.26. The molecule has 1 aromatic carbocycles. The van der Waals surface area contributed by atoms with Crippen molar-refractivity contribution in [3.05, 3.63) is 59.3 Å². The second-order valence-corrected chi connectivity index (χ2v) is 7.35. The Labute approximate surface area is 160 Å². The highest BCUT2D eigenvalue weighted by Gasteiger charge is 2.23. The summed E-state index contributed by atoms with van der Waals surface area (Å²) in [6.45, 7) is 3.97. The molecule has 146 valence electrons. The van der Waals surface area contributed by atoms with Crippen molar-refractivity contribution in [2.24, 2.45) is 0 Å². The van der Waals surface area contributed by atoms with Crippen LogP contribution < -0.4 is 5.32 Å². The molecule has 1 heterocycles. The molecule has 1 saturated carbocycles. The van der Waals surface area contributed by atoms with Gasteiger partial charge in [-0.15, -0.1) is 0 Å². The third-order valence-electron chi connectivity index (χ3n) is 5.15. The van der Waals surface area contributed by atoms with Gasteiger partial charge < -0.3 is 9.73 Å². The summed E-state index contributed by atoms with van der Waals surface area (Å²) in [6.07, 6.45) is 6.94. The number of nitrogens with zero attached hydrogens (tertiary/aromatic N) is 1. The van der Waals surface area contributed by atoms with Crippen molar-refractivity contribution in [3.8, 4) is 0 Å². The molecule has 1 aliphatic carbocycles. The number of amides is 1. The molecule has 27 heavy (non-hydrogen) atoms. The highest BCUT2D eigenvalue weighted by atomic mass is 19.1. The Morgan fingerprint density at radius 1 is 1.19 bits per heavy atom. The fraction of sp³-hybridized carbons (Fsp3) is 0.500. The zero-order valence-electron chi connectivity index (χ0n) is 16.0. The van der Waals surface area contributed by atoms with Crippen LogP contribution in [0.15, 0.2) is 40.8 Å². The fourth-order valence-corrected chi connectivity index (χ4v) is 3.74. The standard InChI is InChI=1S/C22H29FN2O2/c1-2-13-24-22(26)21-12-11-20(27-21)16-25(19-9-4-3-5-10-19)15-17-7-6-8-18(23)14-17/h6-8,11-12,14,19H,2-5,9-10,13,15-16H2,1H3,(H,24,26). The van der Waals surface area contributed by atoms with Crippen LogP contribution in [0.1, 0.15) is 67.3 Å². The smallest absolute Gasteiger partial charge is 0.286 e. The van der Waals surface area contributed by atoms with Gasteiger partial charge in [0, 0.05) is 19.1 Å². The Bertz CT molecular complexity index is 737. The van der Waals surface area contributed by atoms with E-state index in [0.29, 0.717) is 31.4 Å². The minimum atomic E-state index is -0.205. The molecule has 4 nitrogen and oxygen atoms in total. The summed E-state index contributed by atoms with van der Waals surface area (Å²) in [4.78, 5) is 14.4. The molecule has 0 bridgehead atoms. The Morgan fingerprint density at radius 2 is 2.00 bits per heavy atom. The van der Waals surface area contributed by atoms with Crippen LogP contribution in [0, 0.1) is 5.82 Å². The first-order valence-corrected chi connectivity index (χ1v) is 10.0. The number of rotatable bonds is 8. The van der Waals surface area contributed by atoms with E-state index >= 15 is 0 Å². The number of furan rings is 1. The molecular weight excluding hydrogens is 343 g/mol. The van der Waals surface area contributed by atoms with Gasteiger partial charge in [-0.1, -0.05) is 38.3 Å². The summed E-state index contributed by atoms with van der Waals surface area (Å²) in [5.74, 6) is 0.757. The first kappa shape index (κ1) is 19.6. The third kappa shape index (κ3) is 5.67. The predicted molar refractivity (Wildman–Crippen MR) is 104 cm³/mol. The van der Waals surface area contributed by atoms with Crippen LogP contribution in [-0.4, -0.2) is 23.4 Å². The van der Waals surface area contributed by atoms with Crippen LogP contribution in [0.3, 0.4) is 0 Å². The van der Waals surface area contributed by atoms with Gasteiger partial charge in [-0.3, -0.25) is 9.69 Å². The van der Waals surface area contributed by atoms with Crippen molar-refractivity contribution in [3.63, 3.8) is 0 Å². The second kappa shape index (κ2) is 9.70. The van der Waals surface area contributed by atoms with Crippen molar-refractivity contribution >= 4 is 5.91 Å². The molecule has 1 N–H and O–H groups in total. The van der Waals surface area contributed by atoms with Crippen molar-refractivity contribution < 1.29 is 13.6 Å². The number of hydrogen-bond acceptors (Lipinski definition) is 3. The van der Waals surface area contributed by atoms with Crippen molar-refractivity contribution in [2.45, 2.75) is 64.6 Å². The number of halogens is 1. The largest absolute Gasteiger partial charge is 0.455 e. The molecule has 0 spiro atoms. The summed E-state index contributed by atoms with van der Waals surface area (Å²) in [7, 11) is 0. The zero-order valence-corrected chi connectivity index (χ0v) is 16.0. The second-order valence-electron chi connectivity index (χ2n) is 7.35. The molecule has 3 rings (SSSR count). The van der Waals surface area contributed by atoms with Gasteiger partial charge in [0.25, 0.3) is 5.91 Å². The van der Waals surface area contributed by atoms with Gasteiger partial charge in [0.1, 0.15) is 11.6 Å².